The average molecular weight is 533 g/mol. The number of amides is 1. The fraction of sp³-hybridized carbons (Fsp3) is 0.286. The van der Waals surface area contributed by atoms with Crippen LogP contribution in [0.4, 0.5) is 4.39 Å². The number of benzene rings is 2. The topological polar surface area (TPSA) is 72.7 Å². The van der Waals surface area contributed by atoms with Gasteiger partial charge in [-0.15, -0.1) is 16.7 Å². The number of hydrogen-bond acceptors (Lipinski definition) is 7. The molecule has 2 heterocycles. The zero-order chi connectivity index (χ0) is 23.9. The lowest BCUT2D eigenvalue weighted by molar-refractivity contribution is -0.138. The Morgan fingerprint density at radius 3 is 2.24 bits per heavy atom. The molecule has 0 N–H and O–H groups in total. The third-order valence-electron chi connectivity index (χ3n) is 5.18. The minimum absolute atomic E-state index is 0.0791. The van der Waals surface area contributed by atoms with Gasteiger partial charge in [0.05, 0.1) is 43.1 Å². The number of hydrogen-bond donors (Lipinski definition) is 0. The Labute approximate surface area is 208 Å². The molecule has 0 aliphatic carbocycles. The van der Waals surface area contributed by atoms with Crippen LogP contribution in [-0.2, 0) is 4.79 Å². The molecule has 2 aromatic carbocycles. The number of nitrogens with zero attached hydrogens (tertiary/aromatic N) is 3. The fourth-order valence-corrected chi connectivity index (χ4v) is 5.32. The molecule has 0 bridgehead atoms. The van der Waals surface area contributed by atoms with Crippen LogP contribution in [0.1, 0.15) is 17.2 Å². The van der Waals surface area contributed by atoms with Crippen LogP contribution in [0.25, 0.3) is 0 Å². The van der Waals surface area contributed by atoms with E-state index in [2.05, 4.69) is 10.2 Å². The van der Waals surface area contributed by atoms with Gasteiger partial charge in [-0.3, -0.25) is 9.69 Å². The van der Waals surface area contributed by atoms with E-state index < -0.39 is 17.2 Å². The number of methoxy groups -OCH3 is 3. The number of alkyl halides is 1. The predicted molar refractivity (Wildman–Crippen MR) is 128 cm³/mol. The number of rotatable bonds is 5. The molecule has 1 amide bonds. The highest BCUT2D eigenvalue weighted by atomic mass is 35.5. The summed E-state index contributed by atoms with van der Waals surface area (Å²) in [5.41, 5.74) is 1.54. The van der Waals surface area contributed by atoms with E-state index in [1.54, 1.807) is 12.1 Å². The van der Waals surface area contributed by atoms with Crippen molar-refractivity contribution in [2.24, 2.45) is 10.2 Å². The van der Waals surface area contributed by atoms with Gasteiger partial charge in [-0.25, -0.2) is 4.39 Å². The molecule has 7 nitrogen and oxygen atoms in total. The number of ether oxygens (including phenoxy) is 3. The first-order valence-electron chi connectivity index (χ1n) is 9.50. The van der Waals surface area contributed by atoms with Crippen molar-refractivity contribution in [3.05, 3.63) is 51.3 Å². The van der Waals surface area contributed by atoms with Crippen LogP contribution in [0.5, 0.6) is 17.2 Å². The van der Waals surface area contributed by atoms with Crippen molar-refractivity contribution in [2.45, 2.75) is 11.4 Å². The molecule has 4 rings (SSSR count). The normalized spacial score (nSPS) is 20.1. The number of carbonyl (C=O) groups excluding carboxylic acids is 1. The van der Waals surface area contributed by atoms with Gasteiger partial charge in [-0.1, -0.05) is 35.0 Å². The molecule has 0 saturated carbocycles. The number of thioether (sulfide) groups is 1. The third kappa shape index (κ3) is 4.23. The molecule has 1 fully saturated rings. The summed E-state index contributed by atoms with van der Waals surface area (Å²) >= 11 is 19.6. The van der Waals surface area contributed by atoms with E-state index in [1.807, 2.05) is 0 Å². The summed E-state index contributed by atoms with van der Waals surface area (Å²) in [5.74, 6) is 0.705. The first kappa shape index (κ1) is 23.9. The van der Waals surface area contributed by atoms with Crippen LogP contribution >= 0.6 is 46.6 Å². The monoisotopic (exact) mass is 531 g/mol. The Balaban J connectivity index is 1.67. The van der Waals surface area contributed by atoms with E-state index in [1.165, 1.54) is 50.1 Å². The fourth-order valence-electron chi connectivity index (χ4n) is 3.54. The highest BCUT2D eigenvalue weighted by molar-refractivity contribution is 8.14. The van der Waals surface area contributed by atoms with Gasteiger partial charge in [0.2, 0.25) is 11.7 Å². The van der Waals surface area contributed by atoms with E-state index in [9.17, 15) is 9.18 Å². The maximum Gasteiger partial charge on any atom is 0.249 e. The Morgan fingerprint density at radius 1 is 1.03 bits per heavy atom. The van der Waals surface area contributed by atoms with Gasteiger partial charge in [0, 0.05) is 11.3 Å². The minimum Gasteiger partial charge on any atom is -0.493 e. The van der Waals surface area contributed by atoms with E-state index >= 15 is 0 Å². The second-order valence-corrected chi connectivity index (χ2v) is 9.20. The molecule has 2 aliphatic heterocycles. The van der Waals surface area contributed by atoms with Crippen molar-refractivity contribution < 1.29 is 23.4 Å². The molecular formula is C21H17Cl3FN3O4S. The summed E-state index contributed by atoms with van der Waals surface area (Å²) in [6, 6.07) is 5.48. The van der Waals surface area contributed by atoms with E-state index in [-0.39, 0.29) is 16.0 Å². The molecule has 0 radical (unpaired) electrons. The Hall–Kier alpha value is -2.20. The molecular weight excluding hydrogens is 516 g/mol. The van der Waals surface area contributed by atoms with Gasteiger partial charge in [-0.2, -0.15) is 5.10 Å². The first-order valence-corrected chi connectivity index (χ1v) is 11.7. The zero-order valence-electron chi connectivity index (χ0n) is 17.6. The number of carbonyl (C=O) groups is 1. The molecule has 2 aromatic rings. The SMILES string of the molecule is COc1cc(C2C(Cl)C(=O)N2C2=NN=C(c3cc(F)c(Cl)cc3Cl)CS2)cc(OC)c1OC. The molecule has 2 atom stereocenters. The van der Waals surface area contributed by atoms with Gasteiger partial charge in [0.1, 0.15) is 11.2 Å². The van der Waals surface area contributed by atoms with Crippen molar-refractivity contribution in [2.75, 3.05) is 27.1 Å². The standard InChI is InChI=1S/C21H17Cl3FN3O4S/c1-30-15-4-9(5-16(31-2)19(15)32-3)18-17(24)20(29)28(18)21-27-26-14(8-33-21)10-6-13(25)12(23)7-11(10)22/h4-7,17-18H,8H2,1-3H3. The lowest BCUT2D eigenvalue weighted by Crippen LogP contribution is -2.58. The minimum atomic E-state index is -0.804. The molecule has 1 saturated heterocycles. The van der Waals surface area contributed by atoms with Gasteiger partial charge < -0.3 is 14.2 Å². The van der Waals surface area contributed by atoms with Crippen molar-refractivity contribution in [1.82, 2.24) is 4.90 Å². The average Bonchev–Trinajstić information content (AvgIpc) is 2.83. The van der Waals surface area contributed by atoms with Crippen LogP contribution in [0.2, 0.25) is 10.0 Å². The highest BCUT2D eigenvalue weighted by Gasteiger charge is 2.50. The Bertz CT molecular complexity index is 1170. The van der Waals surface area contributed by atoms with Gasteiger partial charge in [0.25, 0.3) is 0 Å². The lowest BCUT2D eigenvalue weighted by Gasteiger charge is -2.44. The molecule has 33 heavy (non-hydrogen) atoms. The quantitative estimate of drug-likeness (QED) is 0.302. The third-order valence-corrected chi connectivity index (χ3v) is 7.16. The molecule has 0 aromatic heterocycles. The van der Waals surface area contributed by atoms with Crippen LogP contribution in [0, 0.1) is 5.82 Å². The molecule has 174 valence electrons. The molecule has 2 unspecified atom stereocenters. The number of likely N-dealkylation sites (tertiary alicyclic amines) is 1. The van der Waals surface area contributed by atoms with Gasteiger partial charge in [-0.05, 0) is 29.8 Å². The summed E-state index contributed by atoms with van der Waals surface area (Å²) in [7, 11) is 4.52. The first-order chi connectivity index (χ1) is 15.8. The summed E-state index contributed by atoms with van der Waals surface area (Å²) < 4.78 is 30.1. The molecule has 12 heteroatoms. The maximum absolute atomic E-state index is 13.9. The largest absolute Gasteiger partial charge is 0.493 e. The summed E-state index contributed by atoms with van der Waals surface area (Å²) in [5, 5.41) is 8.12. The Morgan fingerprint density at radius 2 is 1.70 bits per heavy atom. The number of amidine groups is 1. The van der Waals surface area contributed by atoms with Crippen molar-refractivity contribution >= 4 is 63.4 Å². The van der Waals surface area contributed by atoms with Crippen LogP contribution in [0.15, 0.2) is 34.5 Å². The highest BCUT2D eigenvalue weighted by Crippen LogP contribution is 2.46. The lowest BCUT2D eigenvalue weighted by atomic mass is 9.93. The molecule has 2 aliphatic rings. The zero-order valence-corrected chi connectivity index (χ0v) is 20.7. The number of β-lactam (4-membered cyclic amide) rings is 1. The number of halogens is 4. The second-order valence-electron chi connectivity index (χ2n) is 6.98. The van der Waals surface area contributed by atoms with Crippen molar-refractivity contribution in [3.8, 4) is 17.2 Å². The second kappa shape index (κ2) is 9.58. The summed E-state index contributed by atoms with van der Waals surface area (Å²) in [6.07, 6.45) is 0. The smallest absolute Gasteiger partial charge is 0.249 e. The summed E-state index contributed by atoms with van der Waals surface area (Å²) in [6.45, 7) is 0. The van der Waals surface area contributed by atoms with Crippen molar-refractivity contribution in [3.63, 3.8) is 0 Å². The predicted octanol–water partition coefficient (Wildman–Crippen LogP) is 5.16. The molecule has 0 spiro atoms. The van der Waals surface area contributed by atoms with E-state index in [4.69, 9.17) is 49.0 Å². The van der Waals surface area contributed by atoms with Crippen LogP contribution in [0.3, 0.4) is 0 Å². The van der Waals surface area contributed by atoms with Crippen molar-refractivity contribution in [1.29, 1.82) is 0 Å². The summed E-state index contributed by atoms with van der Waals surface area (Å²) in [4.78, 5) is 14.1. The van der Waals surface area contributed by atoms with Crippen LogP contribution in [-0.4, -0.2) is 54.1 Å². The van der Waals surface area contributed by atoms with Gasteiger partial charge in [0.15, 0.2) is 16.7 Å². The maximum atomic E-state index is 13.9. The van der Waals surface area contributed by atoms with E-state index in [0.717, 1.165) is 0 Å². The van der Waals surface area contributed by atoms with E-state index in [0.29, 0.717) is 45.0 Å². The van der Waals surface area contributed by atoms with Gasteiger partial charge >= 0.3 is 0 Å². The Kier molecular flexibility index (Phi) is 6.95. The van der Waals surface area contributed by atoms with Crippen LogP contribution < -0.4 is 14.2 Å².